The zero-order valence-corrected chi connectivity index (χ0v) is 12.0. The molecule has 0 amide bonds. The maximum atomic E-state index is 5.63. The van der Waals surface area contributed by atoms with Crippen LogP contribution in [0.4, 0.5) is 0 Å². The number of nitrogens with one attached hydrogen (secondary N) is 1. The van der Waals surface area contributed by atoms with E-state index in [1.165, 1.54) is 44.5 Å². The van der Waals surface area contributed by atoms with Crippen molar-refractivity contribution in [1.29, 1.82) is 0 Å². The lowest BCUT2D eigenvalue weighted by atomic mass is 9.94. The summed E-state index contributed by atoms with van der Waals surface area (Å²) in [4.78, 5) is 1.80. The number of hydrogen-bond donors (Lipinski definition) is 2. The number of benzene rings is 1. The summed E-state index contributed by atoms with van der Waals surface area (Å²) < 4.78 is 5.63. The molecule has 2 heterocycles. The Hall–Kier alpha value is -1.06. The van der Waals surface area contributed by atoms with E-state index in [1.54, 1.807) is 10.5 Å². The minimum Gasteiger partial charge on any atom is -0.494 e. The van der Waals surface area contributed by atoms with E-state index in [4.69, 9.17) is 4.74 Å². The molecule has 3 N–H and O–H groups in total. The van der Waals surface area contributed by atoms with Gasteiger partial charge in [-0.05, 0) is 44.4 Å². The van der Waals surface area contributed by atoms with Gasteiger partial charge < -0.3 is 15.0 Å². The predicted octanol–water partition coefficient (Wildman–Crippen LogP) is 0.272. The standard InChI is InChI=1S/C16H24N2O/c1-2-19-14-6-7-15-13(10-14)11-17-12-16(15)18-8-4-3-5-9-18/h6-7,10,16-17H,2-5,8-9,11-12H2,1H3/p+2/t16-/m1/s1. The van der Waals surface area contributed by atoms with Crippen LogP contribution in [-0.2, 0) is 6.54 Å². The molecule has 0 radical (unpaired) electrons. The average molecular weight is 262 g/mol. The van der Waals surface area contributed by atoms with Gasteiger partial charge in [0.2, 0.25) is 0 Å². The summed E-state index contributed by atoms with van der Waals surface area (Å²) in [6, 6.07) is 7.42. The second-order valence-electron chi connectivity index (χ2n) is 5.79. The van der Waals surface area contributed by atoms with Gasteiger partial charge in [0.05, 0.1) is 19.7 Å². The molecule has 0 saturated carbocycles. The van der Waals surface area contributed by atoms with E-state index in [0.29, 0.717) is 6.04 Å². The van der Waals surface area contributed by atoms with E-state index in [9.17, 15) is 0 Å². The van der Waals surface area contributed by atoms with Crippen LogP contribution in [0.1, 0.15) is 43.4 Å². The van der Waals surface area contributed by atoms with Gasteiger partial charge >= 0.3 is 0 Å². The van der Waals surface area contributed by atoms with Crippen LogP contribution < -0.4 is 15.0 Å². The number of hydrogen-bond acceptors (Lipinski definition) is 1. The fourth-order valence-corrected chi connectivity index (χ4v) is 3.63. The second-order valence-corrected chi connectivity index (χ2v) is 5.79. The Bertz CT molecular complexity index is 427. The lowest BCUT2D eigenvalue weighted by Gasteiger charge is -2.33. The molecule has 104 valence electrons. The van der Waals surface area contributed by atoms with Gasteiger partial charge in [-0.25, -0.2) is 0 Å². The predicted molar refractivity (Wildman–Crippen MR) is 75.4 cm³/mol. The van der Waals surface area contributed by atoms with Crippen LogP contribution in [0, 0.1) is 0 Å². The van der Waals surface area contributed by atoms with Gasteiger partial charge in [-0.1, -0.05) is 0 Å². The van der Waals surface area contributed by atoms with E-state index in [1.807, 2.05) is 6.92 Å². The first-order chi connectivity index (χ1) is 9.38. The third-order valence-electron chi connectivity index (χ3n) is 4.56. The zero-order valence-electron chi connectivity index (χ0n) is 12.0. The Morgan fingerprint density at radius 1 is 1.26 bits per heavy atom. The summed E-state index contributed by atoms with van der Waals surface area (Å²) in [6.07, 6.45) is 4.23. The highest BCUT2D eigenvalue weighted by Crippen LogP contribution is 2.23. The van der Waals surface area contributed by atoms with Gasteiger partial charge in [-0.3, -0.25) is 0 Å². The molecule has 0 unspecified atom stereocenters. The molecule has 3 heteroatoms. The molecule has 1 fully saturated rings. The molecule has 1 saturated heterocycles. The van der Waals surface area contributed by atoms with Crippen molar-refractivity contribution in [2.24, 2.45) is 0 Å². The third-order valence-corrected chi connectivity index (χ3v) is 4.56. The van der Waals surface area contributed by atoms with Crippen LogP contribution in [0.5, 0.6) is 5.75 Å². The molecule has 3 rings (SSSR count). The summed E-state index contributed by atoms with van der Waals surface area (Å²) in [5.74, 6) is 1.03. The third kappa shape index (κ3) is 2.77. The van der Waals surface area contributed by atoms with E-state index in [2.05, 4.69) is 23.5 Å². The lowest BCUT2D eigenvalue weighted by Crippen LogP contribution is -3.16. The first-order valence-electron chi connectivity index (χ1n) is 7.80. The van der Waals surface area contributed by atoms with Crippen LogP contribution >= 0.6 is 0 Å². The number of nitrogens with two attached hydrogens (primary N) is 1. The largest absolute Gasteiger partial charge is 0.494 e. The molecule has 0 aromatic heterocycles. The molecule has 0 aliphatic carbocycles. The molecule has 2 aliphatic heterocycles. The summed E-state index contributed by atoms with van der Waals surface area (Å²) in [5, 5.41) is 2.46. The zero-order chi connectivity index (χ0) is 13.1. The van der Waals surface area contributed by atoms with Crippen molar-refractivity contribution in [3.8, 4) is 5.75 Å². The van der Waals surface area contributed by atoms with Crippen LogP contribution in [0.25, 0.3) is 0 Å². The molecule has 19 heavy (non-hydrogen) atoms. The topological polar surface area (TPSA) is 30.3 Å². The van der Waals surface area contributed by atoms with Crippen molar-refractivity contribution < 1.29 is 15.0 Å². The molecule has 3 nitrogen and oxygen atoms in total. The Morgan fingerprint density at radius 2 is 2.11 bits per heavy atom. The maximum absolute atomic E-state index is 5.63. The number of rotatable bonds is 3. The van der Waals surface area contributed by atoms with Gasteiger partial charge in [-0.15, -0.1) is 0 Å². The summed E-state index contributed by atoms with van der Waals surface area (Å²) >= 11 is 0. The molecule has 0 bridgehead atoms. The quantitative estimate of drug-likeness (QED) is 0.805. The molecular weight excluding hydrogens is 236 g/mol. The van der Waals surface area contributed by atoms with E-state index < -0.39 is 0 Å². The summed E-state index contributed by atoms with van der Waals surface area (Å²) in [6.45, 7) is 7.86. The molecule has 1 atom stereocenters. The van der Waals surface area contributed by atoms with Crippen LogP contribution in [0.2, 0.25) is 0 Å². The van der Waals surface area contributed by atoms with Crippen molar-refractivity contribution in [3.05, 3.63) is 29.3 Å². The fourth-order valence-electron chi connectivity index (χ4n) is 3.63. The Labute approximate surface area is 115 Å². The van der Waals surface area contributed by atoms with E-state index in [-0.39, 0.29) is 0 Å². The SMILES string of the molecule is CCOc1ccc2c(c1)C[NH2+]C[C@H]2[NH+]1CCCCC1. The first-order valence-corrected chi connectivity index (χ1v) is 7.80. The maximum Gasteiger partial charge on any atom is 0.163 e. The molecule has 1 aromatic carbocycles. The Morgan fingerprint density at radius 3 is 2.89 bits per heavy atom. The first kappa shape index (κ1) is 12.9. The fraction of sp³-hybridized carbons (Fsp3) is 0.625. The minimum absolute atomic E-state index is 0.694. The number of likely N-dealkylation sites (tertiary alicyclic amines) is 1. The van der Waals surface area contributed by atoms with Crippen molar-refractivity contribution in [2.75, 3.05) is 26.2 Å². The summed E-state index contributed by atoms with van der Waals surface area (Å²) in [7, 11) is 0. The smallest absolute Gasteiger partial charge is 0.163 e. The van der Waals surface area contributed by atoms with Crippen LogP contribution in [0.3, 0.4) is 0 Å². The van der Waals surface area contributed by atoms with Gasteiger partial charge in [0.15, 0.2) is 6.04 Å². The molecule has 0 spiro atoms. The van der Waals surface area contributed by atoms with Crippen molar-refractivity contribution in [3.63, 3.8) is 0 Å². The van der Waals surface area contributed by atoms with Crippen molar-refractivity contribution in [1.82, 2.24) is 0 Å². The van der Waals surface area contributed by atoms with Gasteiger partial charge in [0.1, 0.15) is 18.8 Å². The average Bonchev–Trinajstić information content (AvgIpc) is 2.48. The Kier molecular flexibility index (Phi) is 4.04. The minimum atomic E-state index is 0.694. The Balaban J connectivity index is 1.82. The van der Waals surface area contributed by atoms with Crippen molar-refractivity contribution in [2.45, 2.75) is 38.8 Å². The number of piperidine rings is 1. The highest BCUT2D eigenvalue weighted by Gasteiger charge is 2.32. The lowest BCUT2D eigenvalue weighted by molar-refractivity contribution is -0.952. The summed E-state index contributed by atoms with van der Waals surface area (Å²) in [5.41, 5.74) is 3.06. The van der Waals surface area contributed by atoms with E-state index >= 15 is 0 Å². The highest BCUT2D eigenvalue weighted by atomic mass is 16.5. The monoisotopic (exact) mass is 262 g/mol. The van der Waals surface area contributed by atoms with Crippen molar-refractivity contribution >= 4 is 0 Å². The van der Waals surface area contributed by atoms with E-state index in [0.717, 1.165) is 18.9 Å². The van der Waals surface area contributed by atoms with Gasteiger partial charge in [0.25, 0.3) is 0 Å². The second kappa shape index (κ2) is 5.93. The highest BCUT2D eigenvalue weighted by molar-refractivity contribution is 5.37. The van der Waals surface area contributed by atoms with Gasteiger partial charge in [-0.2, -0.15) is 0 Å². The molecular formula is C16H26N2O+2. The number of ether oxygens (including phenoxy) is 1. The van der Waals surface area contributed by atoms with Crippen LogP contribution in [-0.4, -0.2) is 26.2 Å². The molecule has 1 aromatic rings. The van der Waals surface area contributed by atoms with Gasteiger partial charge in [0, 0.05) is 11.1 Å². The normalized spacial score (nSPS) is 23.9. The number of fused-ring (bicyclic) bond motifs is 1. The number of quaternary nitrogens is 2. The molecule has 2 aliphatic rings. The van der Waals surface area contributed by atoms with Crippen LogP contribution in [0.15, 0.2) is 18.2 Å².